The Morgan fingerprint density at radius 1 is 1.46 bits per heavy atom. The number of carbonyl (C=O) groups is 1. The molecule has 78 valence electrons. The lowest BCUT2D eigenvalue weighted by molar-refractivity contribution is 0.179. The first-order valence-corrected chi connectivity index (χ1v) is 5.18. The maximum atomic E-state index is 11.1. The number of methoxy groups -OCH3 is 1. The quantitative estimate of drug-likeness (QED) is 0.648. The van der Waals surface area contributed by atoms with Crippen LogP contribution in [-0.2, 0) is 9.47 Å². The van der Waals surface area contributed by atoms with Crippen LogP contribution in [0.1, 0.15) is 27.2 Å². The van der Waals surface area contributed by atoms with Gasteiger partial charge in [-0.2, -0.15) is 0 Å². The molecule has 13 heavy (non-hydrogen) atoms. The molecule has 0 aromatic heterocycles. The second kappa shape index (κ2) is 6.27. The second-order valence-corrected chi connectivity index (χ2v) is 4.93. The number of rotatable bonds is 5. The van der Waals surface area contributed by atoms with Crippen LogP contribution in [0.5, 0.6) is 0 Å². The molecule has 0 saturated carbocycles. The van der Waals surface area contributed by atoms with E-state index < -0.39 is 0 Å². The van der Waals surface area contributed by atoms with Crippen LogP contribution in [0.25, 0.3) is 0 Å². The van der Waals surface area contributed by atoms with Crippen molar-refractivity contribution in [1.29, 1.82) is 0 Å². The monoisotopic (exact) mass is 206 g/mol. The summed E-state index contributed by atoms with van der Waals surface area (Å²) in [7, 11) is 1.66. The van der Waals surface area contributed by atoms with E-state index in [0.29, 0.717) is 13.2 Å². The molecule has 0 fully saturated rings. The Morgan fingerprint density at radius 2 is 2.08 bits per heavy atom. The highest BCUT2D eigenvalue weighted by Gasteiger charge is 2.23. The Morgan fingerprint density at radius 3 is 2.54 bits per heavy atom. The summed E-state index contributed by atoms with van der Waals surface area (Å²) in [5.74, 6) is 0. The summed E-state index contributed by atoms with van der Waals surface area (Å²) in [6, 6.07) is 0. The van der Waals surface area contributed by atoms with E-state index in [4.69, 9.17) is 9.47 Å². The Balaban J connectivity index is 3.79. The van der Waals surface area contributed by atoms with Gasteiger partial charge in [-0.3, -0.25) is 0 Å². The molecule has 0 spiro atoms. The Hall–Kier alpha value is -0.220. The van der Waals surface area contributed by atoms with Gasteiger partial charge < -0.3 is 9.47 Å². The Labute approximate surface area is 84.2 Å². The van der Waals surface area contributed by atoms with Crippen molar-refractivity contribution in [3.63, 3.8) is 0 Å². The van der Waals surface area contributed by atoms with E-state index in [1.165, 1.54) is 11.8 Å². The maximum Gasteiger partial charge on any atom is 0.367 e. The van der Waals surface area contributed by atoms with Crippen LogP contribution in [0, 0.1) is 0 Å². The molecule has 0 saturated heterocycles. The first-order valence-electron chi connectivity index (χ1n) is 4.36. The van der Waals surface area contributed by atoms with E-state index in [-0.39, 0.29) is 10.0 Å². The zero-order chi connectivity index (χ0) is 10.3. The van der Waals surface area contributed by atoms with Crippen LogP contribution in [0.4, 0.5) is 4.79 Å². The third kappa shape index (κ3) is 6.90. The predicted octanol–water partition coefficient (Wildman–Crippen LogP) is 2.69. The van der Waals surface area contributed by atoms with Crippen LogP contribution in [-0.4, -0.2) is 30.4 Å². The lowest BCUT2D eigenvalue weighted by Gasteiger charge is -2.21. The normalized spacial score (nSPS) is 11.4. The summed E-state index contributed by atoms with van der Waals surface area (Å²) in [4.78, 5) is 11.1. The standard InChI is InChI=1S/C9H18O3S/c1-5-12-8(10)13-9(2,3)6-7-11-4/h5-7H2,1-4H3. The summed E-state index contributed by atoms with van der Waals surface area (Å²) in [6.07, 6.45) is 0.840. The van der Waals surface area contributed by atoms with Crippen LogP contribution >= 0.6 is 11.8 Å². The third-order valence-electron chi connectivity index (χ3n) is 1.53. The van der Waals surface area contributed by atoms with Crippen molar-refractivity contribution in [2.24, 2.45) is 0 Å². The van der Waals surface area contributed by atoms with Crippen molar-refractivity contribution in [3.8, 4) is 0 Å². The number of hydrogen-bond acceptors (Lipinski definition) is 4. The fourth-order valence-electron chi connectivity index (χ4n) is 0.772. The lowest BCUT2D eigenvalue weighted by Crippen LogP contribution is -2.20. The van der Waals surface area contributed by atoms with Crippen molar-refractivity contribution in [3.05, 3.63) is 0 Å². The Bertz CT molecular complexity index is 157. The zero-order valence-electron chi connectivity index (χ0n) is 8.75. The van der Waals surface area contributed by atoms with Gasteiger partial charge in [-0.1, -0.05) is 13.8 Å². The van der Waals surface area contributed by atoms with Crippen LogP contribution in [0.2, 0.25) is 0 Å². The van der Waals surface area contributed by atoms with Crippen molar-refractivity contribution in [2.45, 2.75) is 31.9 Å². The van der Waals surface area contributed by atoms with Crippen molar-refractivity contribution < 1.29 is 14.3 Å². The molecule has 3 nitrogen and oxygen atoms in total. The molecule has 0 aromatic rings. The number of thioether (sulfide) groups is 1. The molecule has 0 radical (unpaired) electrons. The largest absolute Gasteiger partial charge is 0.458 e. The predicted molar refractivity (Wildman–Crippen MR) is 55.2 cm³/mol. The average Bonchev–Trinajstić information content (AvgIpc) is 2.00. The van der Waals surface area contributed by atoms with Gasteiger partial charge in [0.05, 0.1) is 6.61 Å². The molecule has 0 aliphatic carbocycles. The van der Waals surface area contributed by atoms with Gasteiger partial charge in [0.2, 0.25) is 0 Å². The molecule has 0 amide bonds. The molecule has 0 bridgehead atoms. The maximum absolute atomic E-state index is 11.1. The first kappa shape index (κ1) is 12.8. The minimum atomic E-state index is -0.205. The van der Waals surface area contributed by atoms with Gasteiger partial charge in [-0.15, -0.1) is 0 Å². The van der Waals surface area contributed by atoms with Gasteiger partial charge in [0.1, 0.15) is 0 Å². The van der Waals surface area contributed by atoms with Gasteiger partial charge in [0, 0.05) is 18.5 Å². The van der Waals surface area contributed by atoms with Gasteiger partial charge in [-0.05, 0) is 25.1 Å². The van der Waals surface area contributed by atoms with Gasteiger partial charge >= 0.3 is 5.30 Å². The van der Waals surface area contributed by atoms with Gasteiger partial charge in [0.25, 0.3) is 0 Å². The van der Waals surface area contributed by atoms with Gasteiger partial charge in [0.15, 0.2) is 0 Å². The molecular formula is C9H18O3S. The fraction of sp³-hybridized carbons (Fsp3) is 0.889. The first-order chi connectivity index (χ1) is 6.02. The summed E-state index contributed by atoms with van der Waals surface area (Å²) in [6.45, 7) is 6.92. The molecule has 0 aliphatic heterocycles. The van der Waals surface area contributed by atoms with Gasteiger partial charge in [-0.25, -0.2) is 4.79 Å². The minimum absolute atomic E-state index is 0.109. The lowest BCUT2D eigenvalue weighted by atomic mass is 10.1. The highest BCUT2D eigenvalue weighted by Crippen LogP contribution is 2.29. The highest BCUT2D eigenvalue weighted by atomic mass is 32.2. The third-order valence-corrected chi connectivity index (χ3v) is 2.57. The van der Waals surface area contributed by atoms with E-state index in [1.807, 2.05) is 13.8 Å². The Kier molecular flexibility index (Phi) is 6.16. The van der Waals surface area contributed by atoms with E-state index >= 15 is 0 Å². The molecule has 0 N–H and O–H groups in total. The van der Waals surface area contributed by atoms with Crippen molar-refractivity contribution in [2.75, 3.05) is 20.3 Å². The molecule has 0 rings (SSSR count). The molecule has 0 aromatic carbocycles. The molecule has 4 heteroatoms. The number of ether oxygens (including phenoxy) is 2. The van der Waals surface area contributed by atoms with E-state index in [0.717, 1.165) is 6.42 Å². The zero-order valence-corrected chi connectivity index (χ0v) is 9.57. The molecule has 0 aliphatic rings. The highest BCUT2D eigenvalue weighted by molar-refractivity contribution is 8.14. The smallest absolute Gasteiger partial charge is 0.367 e. The number of carbonyl (C=O) groups excluding carboxylic acids is 1. The number of hydrogen-bond donors (Lipinski definition) is 0. The van der Waals surface area contributed by atoms with E-state index in [9.17, 15) is 4.79 Å². The van der Waals surface area contributed by atoms with Crippen molar-refractivity contribution >= 4 is 17.1 Å². The summed E-state index contributed by atoms with van der Waals surface area (Å²) in [5.41, 5.74) is 0. The SMILES string of the molecule is CCOC(=O)SC(C)(C)CCOC. The van der Waals surface area contributed by atoms with Crippen LogP contribution in [0.3, 0.4) is 0 Å². The van der Waals surface area contributed by atoms with Crippen LogP contribution < -0.4 is 0 Å². The van der Waals surface area contributed by atoms with E-state index in [1.54, 1.807) is 14.0 Å². The summed E-state index contributed by atoms with van der Waals surface area (Å²) < 4.78 is 9.69. The van der Waals surface area contributed by atoms with Crippen molar-refractivity contribution in [1.82, 2.24) is 0 Å². The molecular weight excluding hydrogens is 188 g/mol. The second-order valence-electron chi connectivity index (χ2n) is 3.29. The summed E-state index contributed by atoms with van der Waals surface area (Å²) >= 11 is 1.23. The fourth-order valence-corrected chi connectivity index (χ4v) is 1.59. The summed E-state index contributed by atoms with van der Waals surface area (Å²) in [5, 5.41) is -0.205. The topological polar surface area (TPSA) is 35.5 Å². The average molecular weight is 206 g/mol. The van der Waals surface area contributed by atoms with Crippen LogP contribution in [0.15, 0.2) is 0 Å². The minimum Gasteiger partial charge on any atom is -0.458 e. The van der Waals surface area contributed by atoms with E-state index in [2.05, 4.69) is 0 Å². The molecule has 0 atom stereocenters. The molecule has 0 heterocycles. The molecule has 0 unspecified atom stereocenters.